The van der Waals surface area contributed by atoms with Crippen molar-refractivity contribution in [3.63, 3.8) is 0 Å². The highest BCUT2D eigenvalue weighted by atomic mass is 35.5. The Bertz CT molecular complexity index is 527. The standard InChI is InChI=1S/C11H9ClN2O3/c1-14-9(15)7-4-2-3-6(5-13-11(12)17)8(7)10(14)16/h2-4H,5H2,1H3,(H,13,17). The second kappa shape index (κ2) is 4.18. The number of halogens is 1. The molecule has 0 atom stereocenters. The molecule has 0 saturated heterocycles. The SMILES string of the molecule is CN1C(=O)c2cccc(CNC(=O)Cl)c2C1=O. The molecule has 3 amide bonds. The number of fused-ring (bicyclic) bond motifs is 1. The van der Waals surface area contributed by atoms with E-state index in [9.17, 15) is 14.4 Å². The van der Waals surface area contributed by atoms with Crippen LogP contribution in [0, 0.1) is 0 Å². The van der Waals surface area contributed by atoms with Crippen molar-refractivity contribution in [3.8, 4) is 0 Å². The summed E-state index contributed by atoms with van der Waals surface area (Å²) in [5.74, 6) is -0.687. The van der Waals surface area contributed by atoms with Crippen LogP contribution in [0.25, 0.3) is 0 Å². The first-order chi connectivity index (χ1) is 8.02. The van der Waals surface area contributed by atoms with Crippen LogP contribution >= 0.6 is 11.6 Å². The number of hydrogen-bond acceptors (Lipinski definition) is 3. The first kappa shape index (κ1) is 11.6. The minimum atomic E-state index is -0.701. The van der Waals surface area contributed by atoms with Gasteiger partial charge in [-0.25, -0.2) is 0 Å². The van der Waals surface area contributed by atoms with Gasteiger partial charge in [0.1, 0.15) is 0 Å². The molecule has 1 aromatic rings. The molecule has 6 heteroatoms. The molecule has 0 fully saturated rings. The Kier molecular flexibility index (Phi) is 2.85. The number of imide groups is 1. The number of rotatable bonds is 2. The molecule has 1 N–H and O–H groups in total. The molecule has 0 aliphatic carbocycles. The van der Waals surface area contributed by atoms with E-state index in [-0.39, 0.29) is 18.4 Å². The molecule has 1 aliphatic heterocycles. The fourth-order valence-electron chi connectivity index (χ4n) is 1.78. The molecule has 0 saturated carbocycles. The Morgan fingerprint density at radius 2 is 2.06 bits per heavy atom. The molecule has 88 valence electrons. The van der Waals surface area contributed by atoms with Crippen LogP contribution in [-0.2, 0) is 6.54 Å². The van der Waals surface area contributed by atoms with Crippen molar-refractivity contribution in [1.82, 2.24) is 10.2 Å². The fraction of sp³-hybridized carbons (Fsp3) is 0.182. The lowest BCUT2D eigenvalue weighted by Crippen LogP contribution is -2.25. The lowest BCUT2D eigenvalue weighted by Gasteiger charge is -2.06. The van der Waals surface area contributed by atoms with Crippen LogP contribution in [0.15, 0.2) is 18.2 Å². The lowest BCUT2D eigenvalue weighted by atomic mass is 10.0. The van der Waals surface area contributed by atoms with E-state index in [2.05, 4.69) is 5.32 Å². The number of amides is 3. The van der Waals surface area contributed by atoms with E-state index in [1.54, 1.807) is 18.2 Å². The Hall–Kier alpha value is -1.88. The van der Waals surface area contributed by atoms with Gasteiger partial charge >= 0.3 is 5.37 Å². The molecule has 2 rings (SSSR count). The average molecular weight is 253 g/mol. The number of nitrogens with zero attached hydrogens (tertiary/aromatic N) is 1. The van der Waals surface area contributed by atoms with E-state index in [1.165, 1.54) is 7.05 Å². The van der Waals surface area contributed by atoms with Crippen LogP contribution in [0.2, 0.25) is 0 Å². The minimum Gasteiger partial charge on any atom is -0.338 e. The van der Waals surface area contributed by atoms with Gasteiger partial charge in [-0.3, -0.25) is 19.3 Å². The molecule has 0 bridgehead atoms. The van der Waals surface area contributed by atoms with E-state index >= 15 is 0 Å². The van der Waals surface area contributed by atoms with Crippen molar-refractivity contribution in [3.05, 3.63) is 34.9 Å². The maximum absolute atomic E-state index is 11.8. The van der Waals surface area contributed by atoms with Crippen molar-refractivity contribution in [1.29, 1.82) is 0 Å². The molecule has 17 heavy (non-hydrogen) atoms. The van der Waals surface area contributed by atoms with Gasteiger partial charge < -0.3 is 5.32 Å². The highest BCUT2D eigenvalue weighted by molar-refractivity contribution is 6.62. The number of carbonyl (C=O) groups is 3. The zero-order valence-electron chi connectivity index (χ0n) is 8.99. The first-order valence-electron chi connectivity index (χ1n) is 4.90. The van der Waals surface area contributed by atoms with Crippen LogP contribution in [0.4, 0.5) is 4.79 Å². The predicted octanol–water partition coefficient (Wildman–Crippen LogP) is 1.36. The Labute approximate surface area is 102 Å². The third-order valence-corrected chi connectivity index (χ3v) is 2.76. The van der Waals surface area contributed by atoms with Crippen LogP contribution < -0.4 is 5.32 Å². The van der Waals surface area contributed by atoms with Crippen molar-refractivity contribution < 1.29 is 14.4 Å². The molecule has 1 heterocycles. The highest BCUT2D eigenvalue weighted by Gasteiger charge is 2.34. The number of nitrogens with one attached hydrogen (secondary N) is 1. The molecule has 0 radical (unpaired) electrons. The van der Waals surface area contributed by atoms with Gasteiger partial charge in [-0.2, -0.15) is 0 Å². The van der Waals surface area contributed by atoms with Crippen molar-refractivity contribution in [2.75, 3.05) is 7.05 Å². The summed E-state index contributed by atoms with van der Waals surface area (Å²) in [7, 11) is 1.43. The second-order valence-electron chi connectivity index (χ2n) is 3.64. The van der Waals surface area contributed by atoms with Gasteiger partial charge in [0.2, 0.25) is 0 Å². The summed E-state index contributed by atoms with van der Waals surface area (Å²) in [5.41, 5.74) is 1.28. The van der Waals surface area contributed by atoms with Crippen molar-refractivity contribution >= 4 is 28.8 Å². The summed E-state index contributed by atoms with van der Waals surface area (Å²) in [6.45, 7) is 0.123. The van der Waals surface area contributed by atoms with E-state index < -0.39 is 5.37 Å². The number of benzene rings is 1. The van der Waals surface area contributed by atoms with Crippen molar-refractivity contribution in [2.24, 2.45) is 0 Å². The molecule has 1 aromatic carbocycles. The van der Waals surface area contributed by atoms with Crippen LogP contribution in [0.5, 0.6) is 0 Å². The first-order valence-corrected chi connectivity index (χ1v) is 5.27. The van der Waals surface area contributed by atoms with Gasteiger partial charge in [0.15, 0.2) is 0 Å². The Morgan fingerprint density at radius 3 is 2.71 bits per heavy atom. The zero-order chi connectivity index (χ0) is 12.6. The van der Waals surface area contributed by atoms with Gasteiger partial charge in [0.25, 0.3) is 11.8 Å². The molecule has 0 aromatic heterocycles. The highest BCUT2D eigenvalue weighted by Crippen LogP contribution is 2.24. The maximum Gasteiger partial charge on any atom is 0.314 e. The summed E-state index contributed by atoms with van der Waals surface area (Å²) in [6, 6.07) is 4.93. The third kappa shape index (κ3) is 1.89. The Balaban J connectivity index is 2.41. The summed E-state index contributed by atoms with van der Waals surface area (Å²) >= 11 is 5.16. The quantitative estimate of drug-likeness (QED) is 0.491. The van der Waals surface area contributed by atoms with Gasteiger partial charge in [-0.1, -0.05) is 12.1 Å². The predicted molar refractivity (Wildman–Crippen MR) is 61.0 cm³/mol. The van der Waals surface area contributed by atoms with Gasteiger partial charge in [-0.05, 0) is 23.2 Å². The molecule has 0 unspecified atom stereocenters. The van der Waals surface area contributed by atoms with E-state index in [0.29, 0.717) is 16.7 Å². The molecule has 0 spiro atoms. The Morgan fingerprint density at radius 1 is 1.35 bits per heavy atom. The second-order valence-corrected chi connectivity index (χ2v) is 3.98. The minimum absolute atomic E-state index is 0.123. The van der Waals surface area contributed by atoms with Crippen LogP contribution in [-0.4, -0.2) is 29.1 Å². The topological polar surface area (TPSA) is 66.5 Å². The summed E-state index contributed by atoms with van der Waals surface area (Å²) in [4.78, 5) is 35.2. The fourth-order valence-corrected chi connectivity index (χ4v) is 1.85. The average Bonchev–Trinajstić information content (AvgIpc) is 2.52. The lowest BCUT2D eigenvalue weighted by molar-refractivity contribution is 0.0692. The van der Waals surface area contributed by atoms with E-state index in [1.807, 2.05) is 0 Å². The number of hydrogen-bond donors (Lipinski definition) is 1. The smallest absolute Gasteiger partial charge is 0.314 e. The van der Waals surface area contributed by atoms with Gasteiger partial charge in [-0.15, -0.1) is 0 Å². The summed E-state index contributed by atoms with van der Waals surface area (Å²) in [5, 5.41) is 1.69. The number of carbonyl (C=O) groups excluding carboxylic acids is 3. The van der Waals surface area contributed by atoms with Gasteiger partial charge in [0, 0.05) is 13.6 Å². The summed E-state index contributed by atoms with van der Waals surface area (Å²) in [6.07, 6.45) is 0. The normalized spacial score (nSPS) is 13.9. The largest absolute Gasteiger partial charge is 0.338 e. The zero-order valence-corrected chi connectivity index (χ0v) is 9.75. The monoisotopic (exact) mass is 252 g/mol. The van der Waals surface area contributed by atoms with Crippen LogP contribution in [0.3, 0.4) is 0 Å². The maximum atomic E-state index is 11.8. The third-order valence-electron chi connectivity index (χ3n) is 2.62. The molecular weight excluding hydrogens is 244 g/mol. The molecular formula is C11H9ClN2O3. The van der Waals surface area contributed by atoms with Crippen LogP contribution in [0.1, 0.15) is 26.3 Å². The summed E-state index contributed by atoms with van der Waals surface area (Å²) < 4.78 is 0. The molecule has 5 nitrogen and oxygen atoms in total. The van der Waals surface area contributed by atoms with E-state index in [4.69, 9.17) is 11.6 Å². The van der Waals surface area contributed by atoms with Crippen molar-refractivity contribution in [2.45, 2.75) is 6.54 Å². The van der Waals surface area contributed by atoms with Gasteiger partial charge in [0.05, 0.1) is 11.1 Å². The molecule has 1 aliphatic rings. The van der Waals surface area contributed by atoms with E-state index in [0.717, 1.165) is 4.90 Å².